The van der Waals surface area contributed by atoms with E-state index in [1.807, 2.05) is 60.7 Å². The fourth-order valence-corrected chi connectivity index (χ4v) is 6.81. The van der Waals surface area contributed by atoms with Crippen LogP contribution in [-0.2, 0) is 6.42 Å². The number of fused-ring (bicyclic) bond motifs is 4. The smallest absolute Gasteiger partial charge is 0.164 e. The lowest BCUT2D eigenvalue weighted by atomic mass is 9.87. The van der Waals surface area contributed by atoms with Crippen LogP contribution < -0.4 is 0 Å². The Morgan fingerprint density at radius 2 is 1.02 bits per heavy atom. The lowest BCUT2D eigenvalue weighted by molar-refractivity contribution is 0.669. The van der Waals surface area contributed by atoms with Crippen molar-refractivity contribution in [1.29, 1.82) is 0 Å². The van der Waals surface area contributed by atoms with Gasteiger partial charge in [0, 0.05) is 27.5 Å². The Balaban J connectivity index is 1.19. The Morgan fingerprint density at radius 3 is 1.85 bits per heavy atom. The van der Waals surface area contributed by atoms with Crippen LogP contribution in [0.25, 0.3) is 72.8 Å². The van der Waals surface area contributed by atoms with Gasteiger partial charge in [0.15, 0.2) is 17.5 Å². The van der Waals surface area contributed by atoms with Crippen LogP contribution in [-0.4, -0.2) is 15.0 Å². The van der Waals surface area contributed by atoms with Crippen LogP contribution in [0.4, 0.5) is 0 Å². The standard InChI is InChI=1S/C43H29N3O/c1-2-13-30(14-3-1)41-44-42(31-26-24-29(25-27-31)33-20-10-15-28-12-4-5-16-32(28)33)46-43(45-41)36-18-7-6-17-34(36)35-21-11-23-39-40(35)37-19-8-9-22-38(37)47-39/h1-9,11-14,16-27H,10,15H2. The summed E-state index contributed by atoms with van der Waals surface area (Å²) in [5, 5.41) is 2.17. The van der Waals surface area contributed by atoms with E-state index in [1.54, 1.807) is 0 Å². The van der Waals surface area contributed by atoms with Gasteiger partial charge in [-0.05, 0) is 58.4 Å². The van der Waals surface area contributed by atoms with Crippen molar-refractivity contribution >= 4 is 27.5 Å². The number of benzene rings is 6. The van der Waals surface area contributed by atoms with Crippen LogP contribution in [0.2, 0.25) is 0 Å². The molecule has 0 N–H and O–H groups in total. The minimum absolute atomic E-state index is 0.627. The maximum atomic E-state index is 6.24. The highest BCUT2D eigenvalue weighted by Gasteiger charge is 2.19. The SMILES string of the molecule is C1=C(c2ccc(-c3nc(-c4ccccc4)nc(-c4ccccc4-c4cccc5oc6ccccc6c45)n3)cc2)c2ccccc2CC1. The quantitative estimate of drug-likeness (QED) is 0.196. The summed E-state index contributed by atoms with van der Waals surface area (Å²) in [7, 11) is 0. The van der Waals surface area contributed by atoms with E-state index in [-0.39, 0.29) is 0 Å². The van der Waals surface area contributed by atoms with E-state index in [9.17, 15) is 0 Å². The number of para-hydroxylation sites is 1. The number of nitrogens with zero attached hydrogens (tertiary/aromatic N) is 3. The molecular formula is C43H29N3O. The summed E-state index contributed by atoms with van der Waals surface area (Å²) < 4.78 is 6.24. The van der Waals surface area contributed by atoms with Crippen LogP contribution >= 0.6 is 0 Å². The Labute approximate surface area is 272 Å². The van der Waals surface area contributed by atoms with E-state index in [2.05, 4.69) is 91.0 Å². The average Bonchev–Trinajstić information content (AvgIpc) is 3.54. The minimum Gasteiger partial charge on any atom is -0.456 e. The van der Waals surface area contributed by atoms with Crippen molar-refractivity contribution in [3.63, 3.8) is 0 Å². The number of allylic oxidation sites excluding steroid dienone is 1. The molecule has 0 saturated carbocycles. The monoisotopic (exact) mass is 603 g/mol. The van der Waals surface area contributed by atoms with Crippen LogP contribution in [0.1, 0.15) is 23.1 Å². The second-order valence-electron chi connectivity index (χ2n) is 11.9. The van der Waals surface area contributed by atoms with Crippen molar-refractivity contribution in [2.45, 2.75) is 12.8 Å². The molecule has 0 bridgehead atoms. The van der Waals surface area contributed by atoms with Crippen LogP contribution in [0.5, 0.6) is 0 Å². The van der Waals surface area contributed by atoms with E-state index in [0.29, 0.717) is 17.5 Å². The zero-order valence-corrected chi connectivity index (χ0v) is 25.6. The first-order valence-electron chi connectivity index (χ1n) is 16.0. The molecule has 0 unspecified atom stereocenters. The fraction of sp³-hybridized carbons (Fsp3) is 0.0465. The van der Waals surface area contributed by atoms with Gasteiger partial charge >= 0.3 is 0 Å². The van der Waals surface area contributed by atoms with Gasteiger partial charge in [-0.15, -0.1) is 0 Å². The topological polar surface area (TPSA) is 51.8 Å². The molecule has 4 heteroatoms. The lowest BCUT2D eigenvalue weighted by Gasteiger charge is -2.18. The Kier molecular flexibility index (Phi) is 6.57. The van der Waals surface area contributed by atoms with E-state index in [1.165, 1.54) is 22.3 Å². The predicted octanol–water partition coefficient (Wildman–Crippen LogP) is 10.8. The van der Waals surface area contributed by atoms with Gasteiger partial charge in [0.05, 0.1) is 0 Å². The molecule has 47 heavy (non-hydrogen) atoms. The molecule has 0 radical (unpaired) electrons. The summed E-state index contributed by atoms with van der Waals surface area (Å²) in [6.07, 6.45) is 4.49. The van der Waals surface area contributed by atoms with Crippen molar-refractivity contribution in [1.82, 2.24) is 15.0 Å². The summed E-state index contributed by atoms with van der Waals surface area (Å²) in [6.45, 7) is 0. The highest BCUT2D eigenvalue weighted by atomic mass is 16.3. The van der Waals surface area contributed by atoms with Gasteiger partial charge in [0.1, 0.15) is 11.2 Å². The van der Waals surface area contributed by atoms with Crippen molar-refractivity contribution < 1.29 is 4.42 Å². The molecule has 2 heterocycles. The molecule has 0 aliphatic heterocycles. The normalized spacial score (nSPS) is 12.6. The zero-order valence-electron chi connectivity index (χ0n) is 25.6. The molecular weight excluding hydrogens is 574 g/mol. The predicted molar refractivity (Wildman–Crippen MR) is 191 cm³/mol. The van der Waals surface area contributed by atoms with Crippen molar-refractivity contribution in [2.24, 2.45) is 0 Å². The largest absolute Gasteiger partial charge is 0.456 e. The van der Waals surface area contributed by atoms with Crippen LogP contribution in [0.3, 0.4) is 0 Å². The maximum Gasteiger partial charge on any atom is 0.164 e. The number of aryl methyl sites for hydroxylation is 1. The maximum absolute atomic E-state index is 6.24. The van der Waals surface area contributed by atoms with Gasteiger partial charge in [-0.25, -0.2) is 15.0 Å². The molecule has 0 amide bonds. The van der Waals surface area contributed by atoms with E-state index in [0.717, 1.165) is 62.6 Å². The first-order chi connectivity index (χ1) is 23.3. The lowest BCUT2D eigenvalue weighted by Crippen LogP contribution is -2.02. The molecule has 222 valence electrons. The first kappa shape index (κ1) is 27.2. The molecule has 0 atom stereocenters. The zero-order chi connectivity index (χ0) is 31.2. The number of furan rings is 1. The van der Waals surface area contributed by atoms with Crippen LogP contribution in [0.15, 0.2) is 156 Å². The third-order valence-corrected chi connectivity index (χ3v) is 9.05. The number of hydrogen-bond acceptors (Lipinski definition) is 4. The molecule has 0 fully saturated rings. The van der Waals surface area contributed by atoms with Crippen LogP contribution in [0, 0.1) is 0 Å². The molecule has 0 saturated heterocycles. The average molecular weight is 604 g/mol. The molecule has 2 aromatic heterocycles. The second kappa shape index (κ2) is 11.3. The molecule has 1 aliphatic carbocycles. The third-order valence-electron chi connectivity index (χ3n) is 9.05. The van der Waals surface area contributed by atoms with E-state index in [4.69, 9.17) is 19.4 Å². The van der Waals surface area contributed by atoms with Gasteiger partial charge in [-0.3, -0.25) is 0 Å². The number of aromatic nitrogens is 3. The summed E-state index contributed by atoms with van der Waals surface area (Å²) in [5.74, 6) is 1.91. The molecule has 4 nitrogen and oxygen atoms in total. The summed E-state index contributed by atoms with van der Waals surface area (Å²) in [5.41, 5.74) is 11.9. The van der Waals surface area contributed by atoms with Gasteiger partial charge in [0.25, 0.3) is 0 Å². The summed E-state index contributed by atoms with van der Waals surface area (Å²) in [6, 6.07) is 50.3. The Hall–Kier alpha value is -6.13. The summed E-state index contributed by atoms with van der Waals surface area (Å²) in [4.78, 5) is 15.2. The van der Waals surface area contributed by atoms with E-state index < -0.39 is 0 Å². The van der Waals surface area contributed by atoms with Gasteiger partial charge < -0.3 is 4.42 Å². The highest BCUT2D eigenvalue weighted by molar-refractivity contribution is 6.13. The second-order valence-corrected chi connectivity index (χ2v) is 11.9. The van der Waals surface area contributed by atoms with Gasteiger partial charge in [-0.1, -0.05) is 140 Å². The van der Waals surface area contributed by atoms with Gasteiger partial charge in [-0.2, -0.15) is 0 Å². The van der Waals surface area contributed by atoms with E-state index >= 15 is 0 Å². The van der Waals surface area contributed by atoms with Gasteiger partial charge in [0.2, 0.25) is 0 Å². The first-order valence-corrected chi connectivity index (χ1v) is 16.0. The molecule has 9 rings (SSSR count). The van der Waals surface area contributed by atoms with Crippen molar-refractivity contribution in [3.05, 3.63) is 168 Å². The molecule has 1 aliphatic rings. The molecule has 8 aromatic rings. The fourth-order valence-electron chi connectivity index (χ4n) is 6.81. The molecule has 6 aromatic carbocycles. The summed E-state index contributed by atoms with van der Waals surface area (Å²) >= 11 is 0. The Morgan fingerprint density at radius 1 is 0.426 bits per heavy atom. The third kappa shape index (κ3) is 4.82. The molecule has 0 spiro atoms. The minimum atomic E-state index is 0.627. The Bertz CT molecular complexity index is 2460. The highest BCUT2D eigenvalue weighted by Crippen LogP contribution is 2.40. The van der Waals surface area contributed by atoms with Crippen molar-refractivity contribution in [2.75, 3.05) is 0 Å². The number of rotatable bonds is 5. The van der Waals surface area contributed by atoms with Crippen molar-refractivity contribution in [3.8, 4) is 45.3 Å². The number of hydrogen-bond donors (Lipinski definition) is 0.